The number of amides is 1. The first-order valence-corrected chi connectivity index (χ1v) is 10.3. The van der Waals surface area contributed by atoms with Crippen LogP contribution in [0.3, 0.4) is 0 Å². The average Bonchev–Trinajstić information content (AvgIpc) is 3.09. The van der Waals surface area contributed by atoms with E-state index in [1.54, 1.807) is 7.11 Å². The lowest BCUT2D eigenvalue weighted by molar-refractivity contribution is 0.0300. The molecule has 0 bridgehead atoms. The lowest BCUT2D eigenvalue weighted by atomic mass is 9.84. The van der Waals surface area contributed by atoms with Gasteiger partial charge in [-0.3, -0.25) is 9.59 Å². The molecule has 30 heavy (non-hydrogen) atoms. The normalized spacial score (nSPS) is 21.2. The predicted octanol–water partition coefficient (Wildman–Crippen LogP) is 4.21. The molecule has 1 unspecified atom stereocenters. The zero-order chi connectivity index (χ0) is 20.7. The smallest absolute Gasteiger partial charge is 0.270 e. The van der Waals surface area contributed by atoms with Crippen LogP contribution in [0.5, 0.6) is 11.5 Å². The van der Waals surface area contributed by atoms with Gasteiger partial charge in [-0.2, -0.15) is 0 Å². The number of likely N-dealkylation sites (tertiary alicyclic amines) is 1. The van der Waals surface area contributed by atoms with Crippen molar-refractivity contribution >= 4 is 22.6 Å². The summed E-state index contributed by atoms with van der Waals surface area (Å²) in [6.45, 7) is 1.21. The van der Waals surface area contributed by atoms with Crippen molar-refractivity contribution in [3.8, 4) is 11.5 Å². The molecule has 3 heterocycles. The lowest BCUT2D eigenvalue weighted by Crippen LogP contribution is -2.43. The third kappa shape index (κ3) is 3.22. The molecule has 1 amide bonds. The maximum atomic E-state index is 13.2. The highest BCUT2D eigenvalue weighted by atomic mass is 16.5. The van der Waals surface area contributed by atoms with Gasteiger partial charge in [0.1, 0.15) is 22.8 Å². The van der Waals surface area contributed by atoms with Crippen molar-refractivity contribution in [2.24, 2.45) is 0 Å². The van der Waals surface area contributed by atoms with E-state index in [9.17, 15) is 9.59 Å². The standard InChI is InChI=1S/C24H24N2O4/c1-29-17-7-8-19-16(13-17)14-20(25-19)23(28)26-11-4-9-24(10-12-26)15-21(27)18-5-2-3-6-22(18)30-24/h2-3,5-8,13-14,25H,4,9-12,15H2,1H3. The molecule has 1 aromatic heterocycles. The zero-order valence-electron chi connectivity index (χ0n) is 16.9. The van der Waals surface area contributed by atoms with Crippen LogP contribution in [0.25, 0.3) is 10.9 Å². The minimum Gasteiger partial charge on any atom is -0.497 e. The Morgan fingerprint density at radius 3 is 2.87 bits per heavy atom. The summed E-state index contributed by atoms with van der Waals surface area (Å²) < 4.78 is 11.6. The van der Waals surface area contributed by atoms with Crippen molar-refractivity contribution in [3.63, 3.8) is 0 Å². The van der Waals surface area contributed by atoms with Crippen LogP contribution in [0.1, 0.15) is 46.5 Å². The number of hydrogen-bond donors (Lipinski definition) is 1. The Kier molecular flexibility index (Phi) is 4.50. The van der Waals surface area contributed by atoms with E-state index in [1.165, 1.54) is 0 Å². The first kappa shape index (κ1) is 18.7. The maximum Gasteiger partial charge on any atom is 0.270 e. The molecule has 154 valence electrons. The number of nitrogens with one attached hydrogen (secondary N) is 1. The third-order valence-corrected chi connectivity index (χ3v) is 6.24. The number of methoxy groups -OCH3 is 1. The molecular formula is C24H24N2O4. The van der Waals surface area contributed by atoms with Crippen LogP contribution in [-0.2, 0) is 0 Å². The Labute approximate surface area is 174 Å². The number of aromatic amines is 1. The molecule has 1 N–H and O–H groups in total. The molecule has 6 nitrogen and oxygen atoms in total. The molecule has 6 heteroatoms. The summed E-state index contributed by atoms with van der Waals surface area (Å²) in [5, 5.41) is 0.946. The minimum absolute atomic E-state index is 0.0234. The molecule has 1 saturated heterocycles. The van der Waals surface area contributed by atoms with Crippen molar-refractivity contribution in [1.29, 1.82) is 0 Å². The number of hydrogen-bond acceptors (Lipinski definition) is 4. The van der Waals surface area contributed by atoms with Gasteiger partial charge in [0.05, 0.1) is 19.1 Å². The maximum absolute atomic E-state index is 13.2. The number of H-pyrrole nitrogens is 1. The number of benzene rings is 2. The highest BCUT2D eigenvalue weighted by molar-refractivity contribution is 6.00. The molecule has 3 aromatic rings. The SMILES string of the molecule is COc1ccc2[nH]c(C(=O)N3CCCC4(CC3)CC(=O)c3ccccc3O4)cc2c1. The van der Waals surface area contributed by atoms with E-state index in [-0.39, 0.29) is 11.7 Å². The van der Waals surface area contributed by atoms with Crippen LogP contribution in [0.2, 0.25) is 0 Å². The number of para-hydroxylation sites is 1. The summed E-state index contributed by atoms with van der Waals surface area (Å²) >= 11 is 0. The zero-order valence-corrected chi connectivity index (χ0v) is 16.9. The van der Waals surface area contributed by atoms with Crippen molar-refractivity contribution in [2.75, 3.05) is 20.2 Å². The fraction of sp³-hybridized carbons (Fsp3) is 0.333. The fourth-order valence-electron chi connectivity index (χ4n) is 4.62. The second-order valence-corrected chi connectivity index (χ2v) is 8.16. The highest BCUT2D eigenvalue weighted by Gasteiger charge is 2.42. The fourth-order valence-corrected chi connectivity index (χ4v) is 4.62. The van der Waals surface area contributed by atoms with E-state index in [0.29, 0.717) is 42.9 Å². The third-order valence-electron chi connectivity index (χ3n) is 6.24. The number of carbonyl (C=O) groups is 2. The number of nitrogens with zero attached hydrogens (tertiary/aromatic N) is 1. The van der Waals surface area contributed by atoms with Gasteiger partial charge in [0.25, 0.3) is 5.91 Å². The second kappa shape index (κ2) is 7.20. The van der Waals surface area contributed by atoms with Gasteiger partial charge in [0.15, 0.2) is 5.78 Å². The van der Waals surface area contributed by atoms with Gasteiger partial charge in [-0.15, -0.1) is 0 Å². The molecule has 1 fully saturated rings. The highest BCUT2D eigenvalue weighted by Crippen LogP contribution is 2.39. The predicted molar refractivity (Wildman–Crippen MR) is 113 cm³/mol. The van der Waals surface area contributed by atoms with Crippen molar-refractivity contribution in [2.45, 2.75) is 31.3 Å². The summed E-state index contributed by atoms with van der Waals surface area (Å²) in [5.41, 5.74) is 1.62. The molecular weight excluding hydrogens is 380 g/mol. The molecule has 2 aromatic carbocycles. The van der Waals surface area contributed by atoms with Crippen LogP contribution < -0.4 is 9.47 Å². The van der Waals surface area contributed by atoms with E-state index in [4.69, 9.17) is 9.47 Å². The van der Waals surface area contributed by atoms with Gasteiger partial charge in [-0.25, -0.2) is 0 Å². The molecule has 0 aliphatic carbocycles. The van der Waals surface area contributed by atoms with E-state index >= 15 is 0 Å². The van der Waals surface area contributed by atoms with Crippen LogP contribution in [-0.4, -0.2) is 47.4 Å². The van der Waals surface area contributed by atoms with Gasteiger partial charge in [0.2, 0.25) is 0 Å². The number of rotatable bonds is 2. The van der Waals surface area contributed by atoms with Gasteiger partial charge < -0.3 is 19.4 Å². The van der Waals surface area contributed by atoms with Crippen LogP contribution in [0, 0.1) is 0 Å². The molecule has 2 aliphatic heterocycles. The summed E-state index contributed by atoms with van der Waals surface area (Å²) in [6, 6.07) is 15.0. The second-order valence-electron chi connectivity index (χ2n) is 8.16. The number of carbonyl (C=O) groups excluding carboxylic acids is 2. The Bertz CT molecular complexity index is 1140. The molecule has 0 saturated carbocycles. The van der Waals surface area contributed by atoms with E-state index in [0.717, 1.165) is 29.5 Å². The largest absolute Gasteiger partial charge is 0.497 e. The van der Waals surface area contributed by atoms with Gasteiger partial charge in [0, 0.05) is 30.4 Å². The van der Waals surface area contributed by atoms with Crippen LogP contribution in [0.15, 0.2) is 48.5 Å². The molecule has 2 aliphatic rings. The first-order valence-electron chi connectivity index (χ1n) is 10.3. The van der Waals surface area contributed by atoms with Crippen LogP contribution >= 0.6 is 0 Å². The molecule has 1 spiro atoms. The van der Waals surface area contributed by atoms with E-state index in [1.807, 2.05) is 53.4 Å². The minimum atomic E-state index is -0.520. The molecule has 5 rings (SSSR count). The number of aromatic nitrogens is 1. The van der Waals surface area contributed by atoms with Crippen molar-refractivity contribution in [3.05, 3.63) is 59.8 Å². The lowest BCUT2D eigenvalue weighted by Gasteiger charge is -2.37. The Hall–Kier alpha value is -3.28. The Morgan fingerprint density at radius 1 is 1.13 bits per heavy atom. The molecule has 0 radical (unpaired) electrons. The average molecular weight is 404 g/mol. The topological polar surface area (TPSA) is 71.6 Å². The van der Waals surface area contributed by atoms with Crippen molar-refractivity contribution < 1.29 is 19.1 Å². The number of ketones is 1. The van der Waals surface area contributed by atoms with Gasteiger partial charge in [-0.1, -0.05) is 12.1 Å². The Morgan fingerprint density at radius 2 is 2.00 bits per heavy atom. The summed E-state index contributed by atoms with van der Waals surface area (Å²) in [7, 11) is 1.63. The van der Waals surface area contributed by atoms with Crippen LogP contribution in [0.4, 0.5) is 0 Å². The summed E-state index contributed by atoms with van der Waals surface area (Å²) in [6.07, 6.45) is 2.58. The van der Waals surface area contributed by atoms with Gasteiger partial charge in [-0.05, 0) is 49.2 Å². The number of fused-ring (bicyclic) bond motifs is 2. The molecule has 1 atom stereocenters. The summed E-state index contributed by atoms with van der Waals surface area (Å²) in [5.74, 6) is 1.53. The van der Waals surface area contributed by atoms with E-state index < -0.39 is 5.60 Å². The van der Waals surface area contributed by atoms with E-state index in [2.05, 4.69) is 4.98 Å². The first-order chi connectivity index (χ1) is 14.6. The Balaban J connectivity index is 1.35. The quantitative estimate of drug-likeness (QED) is 0.695. The number of Topliss-reactive ketones (excluding diaryl/α,β-unsaturated/α-hetero) is 1. The summed E-state index contributed by atoms with van der Waals surface area (Å²) in [4.78, 5) is 30.9. The van der Waals surface area contributed by atoms with Crippen molar-refractivity contribution in [1.82, 2.24) is 9.88 Å². The monoisotopic (exact) mass is 404 g/mol. The van der Waals surface area contributed by atoms with Gasteiger partial charge >= 0.3 is 0 Å². The number of ether oxygens (including phenoxy) is 2.